The Morgan fingerprint density at radius 1 is 1.13 bits per heavy atom. The summed E-state index contributed by atoms with van der Waals surface area (Å²) in [5.74, 6) is 0.888. The minimum absolute atomic E-state index is 0.0363. The van der Waals surface area contributed by atoms with Gasteiger partial charge in [0.2, 0.25) is 15.9 Å². The summed E-state index contributed by atoms with van der Waals surface area (Å²) in [6.45, 7) is -0.258. The van der Waals surface area contributed by atoms with Gasteiger partial charge in [0, 0.05) is 26.1 Å². The SMILES string of the molecule is O=S(=O)(c1ccccc1)N1C[C@@H](O)[C@](O)(CNCc2nc(Cc3ccccc3)no2)C1. The molecule has 3 aromatic rings. The van der Waals surface area contributed by atoms with Crippen molar-refractivity contribution in [2.45, 2.75) is 29.6 Å². The molecule has 9 nitrogen and oxygen atoms in total. The maximum atomic E-state index is 12.8. The molecule has 0 bridgehead atoms. The third-order valence-corrected chi connectivity index (χ3v) is 7.08. The molecule has 0 amide bonds. The molecule has 31 heavy (non-hydrogen) atoms. The highest BCUT2D eigenvalue weighted by Gasteiger charge is 2.48. The molecular formula is C21H24N4O5S. The van der Waals surface area contributed by atoms with Gasteiger partial charge in [0.15, 0.2) is 5.82 Å². The quantitative estimate of drug-likeness (QED) is 0.459. The Balaban J connectivity index is 1.33. The van der Waals surface area contributed by atoms with E-state index in [-0.39, 0.29) is 31.1 Å². The van der Waals surface area contributed by atoms with E-state index in [0.29, 0.717) is 18.1 Å². The Morgan fingerprint density at radius 3 is 2.52 bits per heavy atom. The van der Waals surface area contributed by atoms with Crippen molar-refractivity contribution in [1.29, 1.82) is 0 Å². The Kier molecular flexibility index (Phi) is 6.17. The molecule has 1 aliphatic rings. The van der Waals surface area contributed by atoms with Crippen LogP contribution in [0, 0.1) is 0 Å². The maximum absolute atomic E-state index is 12.8. The number of aliphatic hydroxyl groups is 2. The molecule has 0 radical (unpaired) electrons. The minimum atomic E-state index is -3.80. The van der Waals surface area contributed by atoms with Crippen molar-refractivity contribution in [2.24, 2.45) is 0 Å². The molecule has 1 aliphatic heterocycles. The van der Waals surface area contributed by atoms with Crippen molar-refractivity contribution in [1.82, 2.24) is 19.8 Å². The number of β-amino-alcohol motifs (C(OH)–C–C–N with tert-alkyl or cyclic N) is 2. The topological polar surface area (TPSA) is 129 Å². The highest BCUT2D eigenvalue weighted by Crippen LogP contribution is 2.27. The largest absolute Gasteiger partial charge is 0.389 e. The number of aliphatic hydroxyl groups excluding tert-OH is 1. The Bertz CT molecular complexity index is 1110. The maximum Gasteiger partial charge on any atom is 0.243 e. The zero-order chi connectivity index (χ0) is 21.9. The van der Waals surface area contributed by atoms with Gasteiger partial charge in [0.1, 0.15) is 5.60 Å². The van der Waals surface area contributed by atoms with Gasteiger partial charge >= 0.3 is 0 Å². The average molecular weight is 445 g/mol. The van der Waals surface area contributed by atoms with Crippen LogP contribution in [0.5, 0.6) is 0 Å². The minimum Gasteiger partial charge on any atom is -0.389 e. The molecule has 0 spiro atoms. The van der Waals surface area contributed by atoms with Crippen LogP contribution in [0.25, 0.3) is 0 Å². The summed E-state index contributed by atoms with van der Waals surface area (Å²) in [5, 5.41) is 28.1. The van der Waals surface area contributed by atoms with Gasteiger partial charge in [-0.25, -0.2) is 8.42 Å². The van der Waals surface area contributed by atoms with E-state index >= 15 is 0 Å². The summed E-state index contributed by atoms with van der Waals surface area (Å²) >= 11 is 0. The fourth-order valence-corrected chi connectivity index (χ4v) is 5.06. The van der Waals surface area contributed by atoms with Crippen LogP contribution in [-0.4, -0.2) is 64.4 Å². The average Bonchev–Trinajstić information content (AvgIpc) is 3.34. The number of aromatic nitrogens is 2. The molecule has 0 saturated carbocycles. The molecule has 2 aromatic carbocycles. The van der Waals surface area contributed by atoms with Crippen LogP contribution < -0.4 is 5.32 Å². The number of rotatable bonds is 8. The molecule has 3 N–H and O–H groups in total. The Labute approximate surface area is 180 Å². The molecule has 2 atom stereocenters. The first-order valence-corrected chi connectivity index (χ1v) is 11.3. The van der Waals surface area contributed by atoms with E-state index in [1.165, 1.54) is 12.1 Å². The van der Waals surface area contributed by atoms with E-state index < -0.39 is 21.7 Å². The van der Waals surface area contributed by atoms with E-state index in [1.807, 2.05) is 30.3 Å². The second kappa shape index (κ2) is 8.85. The van der Waals surface area contributed by atoms with Crippen LogP contribution in [-0.2, 0) is 23.0 Å². The summed E-state index contributed by atoms with van der Waals surface area (Å²) in [5.41, 5.74) is -0.569. The van der Waals surface area contributed by atoms with Crippen LogP contribution in [0.4, 0.5) is 0 Å². The van der Waals surface area contributed by atoms with Crippen LogP contribution in [0.1, 0.15) is 17.3 Å². The Morgan fingerprint density at radius 2 is 1.81 bits per heavy atom. The number of nitrogens with zero attached hydrogens (tertiary/aromatic N) is 3. The molecule has 0 aliphatic carbocycles. The second-order valence-electron chi connectivity index (χ2n) is 7.60. The number of hydrogen-bond donors (Lipinski definition) is 3. The molecule has 0 unspecified atom stereocenters. The van der Waals surface area contributed by atoms with E-state index in [0.717, 1.165) is 9.87 Å². The Hall–Kier alpha value is -2.63. The van der Waals surface area contributed by atoms with E-state index in [9.17, 15) is 18.6 Å². The zero-order valence-corrected chi connectivity index (χ0v) is 17.6. The molecule has 4 rings (SSSR count). The van der Waals surface area contributed by atoms with Crippen LogP contribution in [0.3, 0.4) is 0 Å². The number of benzene rings is 2. The van der Waals surface area contributed by atoms with Gasteiger partial charge in [-0.1, -0.05) is 53.7 Å². The predicted octanol–water partition coefficient (Wildman–Crippen LogP) is 0.546. The van der Waals surface area contributed by atoms with E-state index in [1.54, 1.807) is 18.2 Å². The lowest BCUT2D eigenvalue weighted by atomic mass is 10.0. The van der Waals surface area contributed by atoms with Gasteiger partial charge in [-0.05, 0) is 17.7 Å². The van der Waals surface area contributed by atoms with Crippen LogP contribution in [0.15, 0.2) is 70.1 Å². The molecule has 1 fully saturated rings. The fraction of sp³-hybridized carbons (Fsp3) is 0.333. The van der Waals surface area contributed by atoms with Crippen LogP contribution >= 0.6 is 0 Å². The smallest absolute Gasteiger partial charge is 0.243 e. The lowest BCUT2D eigenvalue weighted by Gasteiger charge is -2.25. The van der Waals surface area contributed by atoms with Gasteiger partial charge in [-0.3, -0.25) is 0 Å². The molecule has 2 heterocycles. The van der Waals surface area contributed by atoms with Gasteiger partial charge in [0.05, 0.1) is 17.5 Å². The van der Waals surface area contributed by atoms with Gasteiger partial charge < -0.3 is 20.1 Å². The van der Waals surface area contributed by atoms with Gasteiger partial charge in [-0.15, -0.1) is 0 Å². The highest BCUT2D eigenvalue weighted by molar-refractivity contribution is 7.89. The number of hydrogen-bond acceptors (Lipinski definition) is 8. The summed E-state index contributed by atoms with van der Waals surface area (Å²) in [7, 11) is -3.80. The van der Waals surface area contributed by atoms with Crippen molar-refractivity contribution in [3.8, 4) is 0 Å². The van der Waals surface area contributed by atoms with Crippen molar-refractivity contribution in [3.05, 3.63) is 77.9 Å². The zero-order valence-electron chi connectivity index (χ0n) is 16.8. The molecule has 164 valence electrons. The first-order chi connectivity index (χ1) is 14.9. The lowest BCUT2D eigenvalue weighted by molar-refractivity contribution is -0.0387. The summed E-state index contributed by atoms with van der Waals surface area (Å²) in [6, 6.07) is 17.7. The third kappa shape index (κ3) is 4.83. The highest BCUT2D eigenvalue weighted by atomic mass is 32.2. The number of sulfonamides is 1. The predicted molar refractivity (Wildman–Crippen MR) is 111 cm³/mol. The number of nitrogens with one attached hydrogen (secondary N) is 1. The molecular weight excluding hydrogens is 420 g/mol. The van der Waals surface area contributed by atoms with Crippen molar-refractivity contribution < 1.29 is 23.2 Å². The van der Waals surface area contributed by atoms with Gasteiger partial charge in [0.25, 0.3) is 0 Å². The van der Waals surface area contributed by atoms with E-state index in [2.05, 4.69) is 15.5 Å². The standard InChI is InChI=1S/C21H24N4O5S/c26-18-13-25(31(28,29)17-9-5-2-6-10-17)15-21(18,27)14-22-12-20-23-19(24-30-20)11-16-7-3-1-4-8-16/h1-10,18,22,26-27H,11-15H2/t18-,21+/m1/s1. The third-order valence-electron chi connectivity index (χ3n) is 5.25. The summed E-state index contributed by atoms with van der Waals surface area (Å²) < 4.78 is 31.8. The first kappa shape index (κ1) is 21.6. The molecule has 1 saturated heterocycles. The summed E-state index contributed by atoms with van der Waals surface area (Å²) in [4.78, 5) is 4.44. The lowest BCUT2D eigenvalue weighted by Crippen LogP contribution is -2.50. The monoisotopic (exact) mass is 444 g/mol. The second-order valence-corrected chi connectivity index (χ2v) is 9.54. The van der Waals surface area contributed by atoms with E-state index in [4.69, 9.17) is 4.52 Å². The van der Waals surface area contributed by atoms with Crippen molar-refractivity contribution in [2.75, 3.05) is 19.6 Å². The molecule has 1 aromatic heterocycles. The fourth-order valence-electron chi connectivity index (χ4n) is 3.53. The van der Waals surface area contributed by atoms with Gasteiger partial charge in [-0.2, -0.15) is 9.29 Å². The first-order valence-electron chi connectivity index (χ1n) is 9.88. The normalized spacial score (nSPS) is 22.1. The van der Waals surface area contributed by atoms with Crippen molar-refractivity contribution in [3.63, 3.8) is 0 Å². The van der Waals surface area contributed by atoms with Crippen molar-refractivity contribution >= 4 is 10.0 Å². The van der Waals surface area contributed by atoms with Crippen LogP contribution in [0.2, 0.25) is 0 Å². The summed E-state index contributed by atoms with van der Waals surface area (Å²) in [6.07, 6.45) is -0.686. The molecule has 10 heteroatoms.